The summed E-state index contributed by atoms with van der Waals surface area (Å²) in [6.07, 6.45) is 2.42. The molecule has 0 bridgehead atoms. The van der Waals surface area contributed by atoms with Crippen molar-refractivity contribution in [2.75, 3.05) is 25.6 Å². The van der Waals surface area contributed by atoms with Crippen molar-refractivity contribution in [1.82, 2.24) is 20.1 Å². The molecule has 0 aliphatic carbocycles. The molecule has 1 amide bonds. The predicted octanol–water partition coefficient (Wildman–Crippen LogP) is 3.80. The first kappa shape index (κ1) is 21.7. The van der Waals surface area contributed by atoms with Crippen molar-refractivity contribution in [2.24, 2.45) is 7.05 Å². The van der Waals surface area contributed by atoms with Gasteiger partial charge in [0.25, 0.3) is 6.43 Å². The quantitative estimate of drug-likeness (QED) is 0.630. The number of ether oxygens (including phenoxy) is 1. The highest BCUT2D eigenvalue weighted by Crippen LogP contribution is 2.41. The molecule has 1 aliphatic heterocycles. The zero-order chi connectivity index (χ0) is 22.8. The maximum absolute atomic E-state index is 14.1. The van der Waals surface area contributed by atoms with E-state index in [-0.39, 0.29) is 17.9 Å². The van der Waals surface area contributed by atoms with Gasteiger partial charge >= 0.3 is 0 Å². The van der Waals surface area contributed by atoms with Gasteiger partial charge in [0.2, 0.25) is 5.91 Å². The smallest absolute Gasteiger partial charge is 0.264 e. The van der Waals surface area contributed by atoms with E-state index in [1.54, 1.807) is 56.5 Å². The number of likely N-dealkylation sites (N-methyl/N-ethyl adjacent to an activating group) is 1. The van der Waals surface area contributed by atoms with Crippen LogP contribution in [0.4, 0.5) is 20.3 Å². The summed E-state index contributed by atoms with van der Waals surface area (Å²) in [4.78, 5) is 18.4. The van der Waals surface area contributed by atoms with E-state index in [1.165, 1.54) is 0 Å². The van der Waals surface area contributed by atoms with E-state index in [0.29, 0.717) is 40.6 Å². The van der Waals surface area contributed by atoms with E-state index < -0.39 is 6.43 Å². The molecule has 3 heterocycles. The molecule has 1 N–H and O–H groups in total. The van der Waals surface area contributed by atoms with Gasteiger partial charge in [-0.05, 0) is 36.1 Å². The first-order valence-electron chi connectivity index (χ1n) is 10.4. The van der Waals surface area contributed by atoms with Crippen LogP contribution in [0.25, 0.3) is 11.1 Å². The normalized spacial score (nSPS) is 13.2. The van der Waals surface area contributed by atoms with Crippen molar-refractivity contribution in [3.05, 3.63) is 53.5 Å². The number of methoxy groups -OCH3 is 1. The number of hydrogen-bond acceptors (Lipinski definition) is 5. The molecule has 7 nitrogen and oxygen atoms in total. The Morgan fingerprint density at radius 2 is 2.09 bits per heavy atom. The Morgan fingerprint density at radius 1 is 1.28 bits per heavy atom. The number of anilines is 2. The fraction of sp³-hybridized carbons (Fsp3) is 0.348. The maximum atomic E-state index is 14.1. The Labute approximate surface area is 185 Å². The number of halogens is 2. The van der Waals surface area contributed by atoms with Crippen molar-refractivity contribution >= 4 is 17.4 Å². The maximum Gasteiger partial charge on any atom is 0.264 e. The van der Waals surface area contributed by atoms with E-state index in [9.17, 15) is 13.6 Å². The van der Waals surface area contributed by atoms with Gasteiger partial charge in [-0.2, -0.15) is 5.10 Å². The fourth-order valence-corrected chi connectivity index (χ4v) is 4.02. The second-order valence-corrected chi connectivity index (χ2v) is 7.73. The van der Waals surface area contributed by atoms with Crippen LogP contribution in [0, 0.1) is 0 Å². The molecule has 0 saturated carbocycles. The zero-order valence-electron chi connectivity index (χ0n) is 18.2. The molecular formula is C23H25F2N5O2. The van der Waals surface area contributed by atoms with Gasteiger partial charge in [0, 0.05) is 55.8 Å². The first-order valence-corrected chi connectivity index (χ1v) is 10.4. The molecule has 4 rings (SSSR count). The summed E-state index contributed by atoms with van der Waals surface area (Å²) in [6.45, 7) is 0.626. The number of aryl methyl sites for hydroxylation is 2. The Hall–Kier alpha value is -3.49. The fourth-order valence-electron chi connectivity index (χ4n) is 4.02. The van der Waals surface area contributed by atoms with Crippen molar-refractivity contribution < 1.29 is 18.3 Å². The number of rotatable bonds is 6. The van der Waals surface area contributed by atoms with Crippen LogP contribution in [0.15, 0.2) is 36.7 Å². The minimum Gasteiger partial charge on any atom is -0.497 e. The molecule has 1 aliphatic rings. The van der Waals surface area contributed by atoms with Gasteiger partial charge in [0.15, 0.2) is 0 Å². The Bertz CT molecular complexity index is 1150. The number of nitrogens with zero attached hydrogens (tertiary/aromatic N) is 4. The predicted molar refractivity (Wildman–Crippen MR) is 117 cm³/mol. The number of carbonyl (C=O) groups is 1. The van der Waals surface area contributed by atoms with Gasteiger partial charge in [-0.1, -0.05) is 0 Å². The second kappa shape index (κ2) is 8.94. The van der Waals surface area contributed by atoms with Crippen LogP contribution >= 0.6 is 0 Å². The summed E-state index contributed by atoms with van der Waals surface area (Å²) in [5, 5.41) is 6.72. The van der Waals surface area contributed by atoms with E-state index in [4.69, 9.17) is 4.74 Å². The molecule has 0 atom stereocenters. The molecule has 0 fully saturated rings. The lowest BCUT2D eigenvalue weighted by Gasteiger charge is -2.32. The van der Waals surface area contributed by atoms with Crippen LogP contribution in [0.3, 0.4) is 0 Å². The molecule has 0 spiro atoms. The van der Waals surface area contributed by atoms with Crippen molar-refractivity contribution in [1.29, 1.82) is 0 Å². The van der Waals surface area contributed by atoms with Crippen LogP contribution in [-0.4, -0.2) is 41.4 Å². The molecule has 0 unspecified atom stereocenters. The first-order chi connectivity index (χ1) is 15.4. The van der Waals surface area contributed by atoms with Crippen LogP contribution in [0.5, 0.6) is 5.75 Å². The van der Waals surface area contributed by atoms with Crippen LogP contribution in [0.2, 0.25) is 0 Å². The largest absolute Gasteiger partial charge is 0.497 e. The molecule has 1 aromatic carbocycles. The number of hydrogen-bond donors (Lipinski definition) is 1. The van der Waals surface area contributed by atoms with Gasteiger partial charge in [0.1, 0.15) is 11.6 Å². The SMILES string of the molecule is CNC(=O)Cc1cc(OC)cc(N2CCCc3cc(-c4cnn(C)c4)c(C(F)F)cc32)n1. The topological polar surface area (TPSA) is 72.3 Å². The van der Waals surface area contributed by atoms with Crippen molar-refractivity contribution in [2.45, 2.75) is 25.7 Å². The molecule has 9 heteroatoms. The second-order valence-electron chi connectivity index (χ2n) is 7.73. The van der Waals surface area contributed by atoms with Crippen molar-refractivity contribution in [3.63, 3.8) is 0 Å². The molecule has 2 aromatic heterocycles. The van der Waals surface area contributed by atoms with E-state index in [0.717, 1.165) is 18.4 Å². The van der Waals surface area contributed by atoms with E-state index in [1.807, 2.05) is 11.0 Å². The van der Waals surface area contributed by atoms with E-state index >= 15 is 0 Å². The standard InChI is InChI=1S/C23H25F2N5O2/c1-26-22(31)9-16-8-17(32-3)10-21(28-16)30-6-4-5-14-7-18(15-12-27-29(2)13-15)19(23(24)25)11-20(14)30/h7-8,10-13,23H,4-6,9H2,1-3H3,(H,26,31). The Morgan fingerprint density at radius 3 is 2.75 bits per heavy atom. The average molecular weight is 441 g/mol. The summed E-state index contributed by atoms with van der Waals surface area (Å²) >= 11 is 0. The monoisotopic (exact) mass is 441 g/mol. The number of fused-ring (bicyclic) bond motifs is 1. The zero-order valence-corrected chi connectivity index (χ0v) is 18.2. The highest BCUT2D eigenvalue weighted by atomic mass is 19.3. The summed E-state index contributed by atoms with van der Waals surface area (Å²) in [7, 11) is 4.87. The minimum absolute atomic E-state index is 0.0443. The van der Waals surface area contributed by atoms with Gasteiger partial charge in [-0.25, -0.2) is 13.8 Å². The van der Waals surface area contributed by atoms with Crippen LogP contribution in [0.1, 0.15) is 29.7 Å². The summed E-state index contributed by atoms with van der Waals surface area (Å²) in [5.41, 5.74) is 3.33. The van der Waals surface area contributed by atoms with E-state index in [2.05, 4.69) is 15.4 Å². The molecular weight excluding hydrogens is 416 g/mol. The molecule has 32 heavy (non-hydrogen) atoms. The highest BCUT2D eigenvalue weighted by molar-refractivity contribution is 5.79. The number of nitrogens with one attached hydrogen (secondary N) is 1. The molecule has 3 aromatic rings. The molecule has 0 radical (unpaired) electrons. The third-order valence-electron chi connectivity index (χ3n) is 5.59. The summed E-state index contributed by atoms with van der Waals surface area (Å²) in [6, 6.07) is 6.87. The van der Waals surface area contributed by atoms with Crippen LogP contribution < -0.4 is 15.0 Å². The lowest BCUT2D eigenvalue weighted by atomic mass is 9.93. The molecule has 168 valence electrons. The third kappa shape index (κ3) is 4.28. The van der Waals surface area contributed by atoms with Gasteiger partial charge < -0.3 is 15.0 Å². The third-order valence-corrected chi connectivity index (χ3v) is 5.59. The highest BCUT2D eigenvalue weighted by Gasteiger charge is 2.26. The lowest BCUT2D eigenvalue weighted by molar-refractivity contribution is -0.120. The summed E-state index contributed by atoms with van der Waals surface area (Å²) in [5.74, 6) is 0.956. The van der Waals surface area contributed by atoms with Crippen LogP contribution in [-0.2, 0) is 24.7 Å². The lowest BCUT2D eigenvalue weighted by Crippen LogP contribution is -2.26. The van der Waals surface area contributed by atoms with Gasteiger partial charge in [0.05, 0.1) is 25.4 Å². The number of alkyl halides is 2. The Balaban J connectivity index is 1.81. The number of amides is 1. The average Bonchev–Trinajstić information content (AvgIpc) is 3.23. The van der Waals surface area contributed by atoms with Gasteiger partial charge in [-0.15, -0.1) is 0 Å². The molecule has 0 saturated heterocycles. The van der Waals surface area contributed by atoms with Gasteiger partial charge in [-0.3, -0.25) is 9.48 Å². The summed E-state index contributed by atoms with van der Waals surface area (Å²) < 4.78 is 35.1. The number of carbonyl (C=O) groups excluding carboxylic acids is 1. The number of benzene rings is 1. The minimum atomic E-state index is -2.64. The Kier molecular flexibility index (Phi) is 6.07. The van der Waals surface area contributed by atoms with Crippen molar-refractivity contribution in [3.8, 4) is 16.9 Å². The number of aromatic nitrogens is 3. The number of pyridine rings is 1.